The number of pyridine rings is 1. The normalized spacial score (nSPS) is 11.7. The molecule has 2 aromatic heterocycles. The van der Waals surface area contributed by atoms with Crippen LogP contribution in [0, 0.1) is 11.3 Å². The molecule has 0 aliphatic heterocycles. The van der Waals surface area contributed by atoms with Gasteiger partial charge in [0.1, 0.15) is 28.6 Å². The van der Waals surface area contributed by atoms with Gasteiger partial charge in [-0.05, 0) is 53.3 Å². The topological polar surface area (TPSA) is 96.5 Å². The summed E-state index contributed by atoms with van der Waals surface area (Å²) in [6, 6.07) is 24.3. The molecule has 4 rings (SSSR count). The quantitative estimate of drug-likeness (QED) is 0.288. The molecule has 1 N–H and O–H groups in total. The lowest BCUT2D eigenvalue weighted by molar-refractivity contribution is -0.117. The van der Waals surface area contributed by atoms with Crippen molar-refractivity contribution in [3.63, 3.8) is 0 Å². The van der Waals surface area contributed by atoms with E-state index in [9.17, 15) is 14.9 Å². The van der Waals surface area contributed by atoms with E-state index in [-0.39, 0.29) is 22.4 Å². The van der Waals surface area contributed by atoms with Crippen molar-refractivity contribution in [2.24, 2.45) is 0 Å². The summed E-state index contributed by atoms with van der Waals surface area (Å²) in [5.74, 6) is -0.0679. The molecule has 2 aromatic carbocycles. The summed E-state index contributed by atoms with van der Waals surface area (Å²) >= 11 is 0. The number of nitrogens with zero attached hydrogens (tertiary/aromatic N) is 3. The highest BCUT2D eigenvalue weighted by Gasteiger charge is 2.18. The van der Waals surface area contributed by atoms with Gasteiger partial charge in [0.05, 0.1) is 0 Å². The van der Waals surface area contributed by atoms with E-state index < -0.39 is 11.5 Å². The van der Waals surface area contributed by atoms with E-state index in [1.165, 1.54) is 10.5 Å². The Morgan fingerprint density at radius 3 is 2.43 bits per heavy atom. The number of rotatable bonds is 7. The maximum atomic E-state index is 13.4. The SMILES string of the molecule is CC(C)(C)c1ccc(Oc2nc3ccccn3c(=O)c2/C=C(\C#N)C(=O)NCCc2ccccc2)cc1. The fourth-order valence-electron chi connectivity index (χ4n) is 3.77. The van der Waals surface area contributed by atoms with Gasteiger partial charge in [0, 0.05) is 12.7 Å². The van der Waals surface area contributed by atoms with Crippen molar-refractivity contribution in [2.75, 3.05) is 6.54 Å². The number of nitriles is 1. The lowest BCUT2D eigenvalue weighted by Gasteiger charge is -2.19. The number of carbonyl (C=O) groups is 1. The molecule has 4 aromatic rings. The molecule has 0 saturated carbocycles. The van der Waals surface area contributed by atoms with Crippen LogP contribution in [0.3, 0.4) is 0 Å². The van der Waals surface area contributed by atoms with E-state index in [2.05, 4.69) is 31.1 Å². The fourth-order valence-corrected chi connectivity index (χ4v) is 3.77. The van der Waals surface area contributed by atoms with E-state index in [1.807, 2.05) is 60.7 Å². The molecule has 37 heavy (non-hydrogen) atoms. The minimum absolute atomic E-state index is 0.0124. The second kappa shape index (κ2) is 10.9. The lowest BCUT2D eigenvalue weighted by Crippen LogP contribution is -2.27. The summed E-state index contributed by atoms with van der Waals surface area (Å²) in [5.41, 5.74) is 1.91. The largest absolute Gasteiger partial charge is 0.438 e. The third-order valence-electron chi connectivity index (χ3n) is 5.86. The average molecular weight is 493 g/mol. The molecule has 7 nitrogen and oxygen atoms in total. The zero-order valence-corrected chi connectivity index (χ0v) is 21.1. The number of nitrogens with one attached hydrogen (secondary N) is 1. The smallest absolute Gasteiger partial charge is 0.269 e. The maximum absolute atomic E-state index is 13.4. The van der Waals surface area contributed by atoms with Crippen molar-refractivity contribution in [3.05, 3.63) is 112 Å². The molecule has 1 amide bonds. The van der Waals surface area contributed by atoms with Gasteiger partial charge >= 0.3 is 0 Å². The molecular formula is C30H28N4O3. The predicted octanol–water partition coefficient (Wildman–Crippen LogP) is 5.05. The Morgan fingerprint density at radius 2 is 1.76 bits per heavy atom. The Kier molecular flexibility index (Phi) is 7.49. The highest BCUT2D eigenvalue weighted by atomic mass is 16.5. The number of aromatic nitrogens is 2. The van der Waals surface area contributed by atoms with Gasteiger partial charge in [-0.25, -0.2) is 0 Å². The lowest BCUT2D eigenvalue weighted by atomic mass is 9.87. The fraction of sp³-hybridized carbons (Fsp3) is 0.200. The Morgan fingerprint density at radius 1 is 1.05 bits per heavy atom. The van der Waals surface area contributed by atoms with Crippen molar-refractivity contribution in [2.45, 2.75) is 32.6 Å². The van der Waals surface area contributed by atoms with Crippen LogP contribution in [0.4, 0.5) is 0 Å². The molecule has 7 heteroatoms. The van der Waals surface area contributed by atoms with Crippen LogP contribution in [0.1, 0.15) is 37.5 Å². The molecular weight excluding hydrogens is 464 g/mol. The molecule has 0 aliphatic rings. The number of amides is 1. The Balaban J connectivity index is 1.66. The molecule has 0 radical (unpaired) electrons. The summed E-state index contributed by atoms with van der Waals surface area (Å²) in [4.78, 5) is 30.6. The van der Waals surface area contributed by atoms with Gasteiger partial charge in [0.2, 0.25) is 5.88 Å². The Hall–Kier alpha value is -4.70. The summed E-state index contributed by atoms with van der Waals surface area (Å²) in [7, 11) is 0. The molecule has 2 heterocycles. The van der Waals surface area contributed by atoms with E-state index in [0.717, 1.165) is 11.1 Å². The third-order valence-corrected chi connectivity index (χ3v) is 5.86. The highest BCUT2D eigenvalue weighted by Crippen LogP contribution is 2.28. The van der Waals surface area contributed by atoms with E-state index >= 15 is 0 Å². The maximum Gasteiger partial charge on any atom is 0.269 e. The second-order valence-corrected chi connectivity index (χ2v) is 9.60. The molecule has 0 aliphatic carbocycles. The molecule has 0 unspecified atom stereocenters. The average Bonchev–Trinajstić information content (AvgIpc) is 2.89. The van der Waals surface area contributed by atoms with E-state index in [0.29, 0.717) is 24.4 Å². The summed E-state index contributed by atoms with van der Waals surface area (Å²) < 4.78 is 7.37. The molecule has 186 valence electrons. The van der Waals surface area contributed by atoms with Gasteiger partial charge in [-0.15, -0.1) is 0 Å². The van der Waals surface area contributed by atoms with Crippen LogP contribution in [-0.2, 0) is 16.6 Å². The van der Waals surface area contributed by atoms with Crippen LogP contribution >= 0.6 is 0 Å². The number of fused-ring (bicyclic) bond motifs is 1. The van der Waals surface area contributed by atoms with Gasteiger partial charge in [-0.3, -0.25) is 14.0 Å². The van der Waals surface area contributed by atoms with Crippen molar-refractivity contribution >= 4 is 17.6 Å². The van der Waals surface area contributed by atoms with E-state index in [4.69, 9.17) is 4.74 Å². The Labute approximate surface area is 215 Å². The molecule has 0 atom stereocenters. The van der Waals surface area contributed by atoms with Crippen molar-refractivity contribution < 1.29 is 9.53 Å². The van der Waals surface area contributed by atoms with Crippen LogP contribution in [0.15, 0.2) is 89.4 Å². The molecule has 0 fully saturated rings. The first-order chi connectivity index (χ1) is 17.8. The minimum atomic E-state index is -0.573. The minimum Gasteiger partial charge on any atom is -0.438 e. The number of carbonyl (C=O) groups excluding carboxylic acids is 1. The van der Waals surface area contributed by atoms with Crippen molar-refractivity contribution in [1.82, 2.24) is 14.7 Å². The number of ether oxygens (including phenoxy) is 1. The summed E-state index contributed by atoms with van der Waals surface area (Å²) in [6.45, 7) is 6.70. The molecule has 0 bridgehead atoms. The van der Waals surface area contributed by atoms with E-state index in [1.54, 1.807) is 24.4 Å². The highest BCUT2D eigenvalue weighted by molar-refractivity contribution is 6.01. The Bertz CT molecular complexity index is 1540. The third kappa shape index (κ3) is 6.11. The number of hydrogen-bond acceptors (Lipinski definition) is 5. The predicted molar refractivity (Wildman–Crippen MR) is 143 cm³/mol. The summed E-state index contributed by atoms with van der Waals surface area (Å²) in [5, 5.41) is 12.5. The van der Waals surface area contributed by atoms with Gasteiger partial charge in [-0.2, -0.15) is 10.2 Å². The van der Waals surface area contributed by atoms with Gasteiger partial charge < -0.3 is 10.1 Å². The van der Waals surface area contributed by atoms with Gasteiger partial charge in [-0.1, -0.05) is 69.3 Å². The van der Waals surface area contributed by atoms with Crippen LogP contribution in [0.2, 0.25) is 0 Å². The number of benzene rings is 2. The van der Waals surface area contributed by atoms with Crippen LogP contribution < -0.4 is 15.6 Å². The number of hydrogen-bond donors (Lipinski definition) is 1. The molecule has 0 spiro atoms. The standard InChI is InChI=1S/C30H28N4O3/c1-30(2,3)23-12-14-24(15-13-23)37-28-25(29(36)34-18-8-7-11-26(34)33-28)19-22(20-31)27(35)32-17-16-21-9-5-4-6-10-21/h4-15,18-19H,16-17H2,1-3H3,(H,32,35)/b22-19+. The first-order valence-corrected chi connectivity index (χ1v) is 12.0. The molecule has 0 saturated heterocycles. The zero-order chi connectivity index (χ0) is 26.4. The van der Waals surface area contributed by atoms with Crippen LogP contribution in [-0.4, -0.2) is 21.8 Å². The second-order valence-electron chi connectivity index (χ2n) is 9.60. The zero-order valence-electron chi connectivity index (χ0n) is 21.1. The first kappa shape index (κ1) is 25.4. The summed E-state index contributed by atoms with van der Waals surface area (Å²) in [6.07, 6.45) is 3.44. The monoisotopic (exact) mass is 492 g/mol. The van der Waals surface area contributed by atoms with Crippen molar-refractivity contribution in [3.8, 4) is 17.7 Å². The van der Waals surface area contributed by atoms with Crippen LogP contribution in [0.25, 0.3) is 11.7 Å². The van der Waals surface area contributed by atoms with Gasteiger partial charge in [0.25, 0.3) is 11.5 Å². The van der Waals surface area contributed by atoms with Gasteiger partial charge in [0.15, 0.2) is 0 Å². The van der Waals surface area contributed by atoms with Crippen LogP contribution in [0.5, 0.6) is 11.6 Å². The van der Waals surface area contributed by atoms with Crippen molar-refractivity contribution in [1.29, 1.82) is 5.26 Å². The first-order valence-electron chi connectivity index (χ1n) is 12.0.